The lowest BCUT2D eigenvalue weighted by Crippen LogP contribution is -2.28. The fourth-order valence-electron chi connectivity index (χ4n) is 2.23. The van der Waals surface area contributed by atoms with Crippen LogP contribution in [0.1, 0.15) is 51.8 Å². The van der Waals surface area contributed by atoms with Crippen LogP contribution in [-0.2, 0) is 5.41 Å². The topological polar surface area (TPSA) is 114 Å². The van der Waals surface area contributed by atoms with Gasteiger partial charge in [0, 0.05) is 11.0 Å². The maximum absolute atomic E-state index is 12.3. The number of nitrogens with one attached hydrogen (secondary N) is 4. The predicted octanol–water partition coefficient (Wildman–Crippen LogP) is 2.02. The Balaban J connectivity index is 2.72. The molecule has 0 spiro atoms. The molecule has 0 bridgehead atoms. The highest BCUT2D eigenvalue weighted by Gasteiger charge is 2.21. The molecule has 7 nitrogen and oxygen atoms in total. The van der Waals surface area contributed by atoms with Crippen LogP contribution in [0.2, 0.25) is 0 Å². The summed E-state index contributed by atoms with van der Waals surface area (Å²) in [7, 11) is 0. The molecular formula is C15H22N6O. The van der Waals surface area contributed by atoms with Gasteiger partial charge >= 0.3 is 0 Å². The van der Waals surface area contributed by atoms with E-state index in [0.29, 0.717) is 11.3 Å². The van der Waals surface area contributed by atoms with Crippen molar-refractivity contribution in [3.8, 4) is 11.4 Å². The van der Waals surface area contributed by atoms with Crippen LogP contribution in [0.15, 0.2) is 15.9 Å². The van der Waals surface area contributed by atoms with E-state index in [-0.39, 0.29) is 22.5 Å². The second-order valence-electron chi connectivity index (χ2n) is 6.55. The Labute approximate surface area is 128 Å². The van der Waals surface area contributed by atoms with Gasteiger partial charge in [-0.3, -0.25) is 20.3 Å². The van der Waals surface area contributed by atoms with E-state index >= 15 is 0 Å². The molecule has 0 aliphatic rings. The summed E-state index contributed by atoms with van der Waals surface area (Å²) in [6.07, 6.45) is 0.883. The van der Waals surface area contributed by atoms with Crippen molar-refractivity contribution in [1.29, 1.82) is 5.41 Å². The van der Waals surface area contributed by atoms with E-state index in [1.54, 1.807) is 0 Å². The summed E-state index contributed by atoms with van der Waals surface area (Å²) in [5.74, 6) is 0.0328. The number of H-pyrrole nitrogens is 3. The number of aromatic nitrogens is 4. The lowest BCUT2D eigenvalue weighted by molar-refractivity contribution is 0.567. The third-order valence-corrected chi connectivity index (χ3v) is 3.38. The maximum Gasteiger partial charge on any atom is 0.256 e. The van der Waals surface area contributed by atoms with Gasteiger partial charge < -0.3 is 4.98 Å². The Morgan fingerprint density at radius 3 is 2.50 bits per heavy atom. The smallest absolute Gasteiger partial charge is 0.256 e. The molecule has 0 fully saturated rings. The first-order chi connectivity index (χ1) is 10.2. The number of hydrogen-bond acceptors (Lipinski definition) is 3. The Bertz CT molecular complexity index is 800. The van der Waals surface area contributed by atoms with Crippen LogP contribution in [0.3, 0.4) is 0 Å². The van der Waals surface area contributed by atoms with Crippen LogP contribution >= 0.6 is 0 Å². The molecule has 0 saturated carbocycles. The minimum atomic E-state index is -0.212. The Hall–Kier alpha value is -2.44. The van der Waals surface area contributed by atoms with Gasteiger partial charge in [0.15, 0.2) is 0 Å². The van der Waals surface area contributed by atoms with Gasteiger partial charge in [0.2, 0.25) is 5.62 Å². The third kappa shape index (κ3) is 3.08. The highest BCUT2D eigenvalue weighted by atomic mass is 16.1. The molecule has 0 atom stereocenters. The molecule has 22 heavy (non-hydrogen) atoms. The summed E-state index contributed by atoms with van der Waals surface area (Å²) in [6.45, 7) is 10.1. The van der Waals surface area contributed by atoms with Gasteiger partial charge in [-0.1, -0.05) is 34.6 Å². The van der Waals surface area contributed by atoms with Crippen molar-refractivity contribution < 1.29 is 0 Å². The van der Waals surface area contributed by atoms with Crippen molar-refractivity contribution >= 4 is 6.34 Å². The lowest BCUT2D eigenvalue weighted by atomic mass is 9.91. The summed E-state index contributed by atoms with van der Waals surface area (Å²) in [5, 5.41) is 14.4. The second-order valence-corrected chi connectivity index (χ2v) is 6.55. The summed E-state index contributed by atoms with van der Waals surface area (Å²) in [5.41, 5.74) is 2.88. The van der Waals surface area contributed by atoms with Crippen LogP contribution < -0.4 is 11.2 Å². The highest BCUT2D eigenvalue weighted by molar-refractivity contribution is 5.59. The lowest BCUT2D eigenvalue weighted by Gasteiger charge is -2.13. The molecule has 2 heterocycles. The SMILES string of the molecule is CC(C)c1c(-c2cc(C(C)(C)C)n[nH]2)[nH]/c(=N/C=N)[nH]c1=O. The number of hydrogen-bond donors (Lipinski definition) is 4. The zero-order valence-corrected chi connectivity index (χ0v) is 13.5. The van der Waals surface area contributed by atoms with Gasteiger partial charge in [0.1, 0.15) is 6.34 Å². The van der Waals surface area contributed by atoms with Crippen molar-refractivity contribution in [3.05, 3.63) is 33.3 Å². The maximum atomic E-state index is 12.3. The first-order valence-electron chi connectivity index (χ1n) is 7.19. The molecule has 0 saturated heterocycles. The first-order valence-corrected chi connectivity index (χ1v) is 7.19. The van der Waals surface area contributed by atoms with E-state index in [1.165, 1.54) is 0 Å². The number of rotatable bonds is 3. The number of nitrogens with zero attached hydrogens (tertiary/aromatic N) is 2. The molecule has 0 aliphatic carbocycles. The second kappa shape index (κ2) is 5.75. The number of aromatic amines is 3. The minimum Gasteiger partial charge on any atom is -0.323 e. The van der Waals surface area contributed by atoms with Gasteiger partial charge in [0.05, 0.1) is 17.1 Å². The Kier molecular flexibility index (Phi) is 4.16. The molecule has 0 amide bonds. The molecule has 0 aliphatic heterocycles. The van der Waals surface area contributed by atoms with Crippen LogP contribution in [0.25, 0.3) is 11.4 Å². The van der Waals surface area contributed by atoms with E-state index in [4.69, 9.17) is 5.41 Å². The van der Waals surface area contributed by atoms with Gasteiger partial charge in [-0.05, 0) is 12.0 Å². The molecule has 4 N–H and O–H groups in total. The van der Waals surface area contributed by atoms with Crippen LogP contribution in [0, 0.1) is 5.41 Å². The molecule has 2 rings (SSSR count). The Morgan fingerprint density at radius 1 is 1.32 bits per heavy atom. The average molecular weight is 302 g/mol. The largest absolute Gasteiger partial charge is 0.323 e. The van der Waals surface area contributed by atoms with E-state index in [2.05, 4.69) is 45.9 Å². The zero-order chi connectivity index (χ0) is 16.5. The third-order valence-electron chi connectivity index (χ3n) is 3.38. The zero-order valence-electron chi connectivity index (χ0n) is 13.5. The standard InChI is InChI=1S/C15H22N6O/c1-8(2)11-12(18-14(17-7-16)19-13(11)22)9-6-10(21-20-9)15(3,4)5/h6-8H,1-5H3,(H,20,21)(H3,16,17,18,19,22). The van der Waals surface area contributed by atoms with E-state index in [1.807, 2.05) is 19.9 Å². The summed E-state index contributed by atoms with van der Waals surface area (Å²) in [4.78, 5) is 21.8. The van der Waals surface area contributed by atoms with Crippen molar-refractivity contribution in [1.82, 2.24) is 20.2 Å². The van der Waals surface area contributed by atoms with Crippen LogP contribution in [0.5, 0.6) is 0 Å². The molecule has 0 unspecified atom stereocenters. The average Bonchev–Trinajstić information content (AvgIpc) is 2.87. The molecule has 2 aromatic heterocycles. The van der Waals surface area contributed by atoms with Crippen molar-refractivity contribution in [2.75, 3.05) is 0 Å². The van der Waals surface area contributed by atoms with Gasteiger partial charge in [-0.15, -0.1) is 0 Å². The minimum absolute atomic E-state index is 0.0328. The van der Waals surface area contributed by atoms with E-state index < -0.39 is 0 Å². The molecule has 2 aromatic rings. The van der Waals surface area contributed by atoms with Gasteiger partial charge in [-0.25, -0.2) is 4.99 Å². The Morgan fingerprint density at radius 2 is 2.00 bits per heavy atom. The molecule has 0 radical (unpaired) electrons. The quantitative estimate of drug-likeness (QED) is 0.513. The van der Waals surface area contributed by atoms with Crippen LogP contribution in [0.4, 0.5) is 0 Å². The van der Waals surface area contributed by atoms with Gasteiger partial charge in [0.25, 0.3) is 5.56 Å². The van der Waals surface area contributed by atoms with E-state index in [0.717, 1.165) is 17.7 Å². The summed E-state index contributed by atoms with van der Waals surface area (Å²) in [6, 6.07) is 1.94. The molecule has 118 valence electrons. The van der Waals surface area contributed by atoms with E-state index in [9.17, 15) is 4.79 Å². The van der Waals surface area contributed by atoms with Crippen LogP contribution in [-0.4, -0.2) is 26.5 Å². The molecular weight excluding hydrogens is 280 g/mol. The van der Waals surface area contributed by atoms with Crippen molar-refractivity contribution in [2.24, 2.45) is 4.99 Å². The fourth-order valence-corrected chi connectivity index (χ4v) is 2.23. The normalized spacial score (nSPS) is 12.9. The van der Waals surface area contributed by atoms with Crippen molar-refractivity contribution in [2.45, 2.75) is 46.0 Å². The molecule has 7 heteroatoms. The first kappa shape index (κ1) is 15.9. The summed E-state index contributed by atoms with van der Waals surface area (Å²) < 4.78 is 0. The molecule has 0 aromatic carbocycles. The van der Waals surface area contributed by atoms with Crippen molar-refractivity contribution in [3.63, 3.8) is 0 Å². The predicted molar refractivity (Wildman–Crippen MR) is 86.1 cm³/mol. The van der Waals surface area contributed by atoms with Gasteiger partial charge in [-0.2, -0.15) is 5.10 Å². The summed E-state index contributed by atoms with van der Waals surface area (Å²) >= 11 is 0. The fraction of sp³-hybridized carbons (Fsp3) is 0.467. The highest BCUT2D eigenvalue weighted by Crippen LogP contribution is 2.26. The monoisotopic (exact) mass is 302 g/mol.